The molecule has 0 radical (unpaired) electrons. The van der Waals surface area contributed by atoms with Gasteiger partial charge in [0.15, 0.2) is 5.65 Å². The minimum Gasteiger partial charge on any atom is -0.275 e. The Morgan fingerprint density at radius 2 is 1.91 bits per heavy atom. The third-order valence-corrected chi connectivity index (χ3v) is 3.45. The van der Waals surface area contributed by atoms with Gasteiger partial charge in [0, 0.05) is 25.0 Å². The van der Waals surface area contributed by atoms with E-state index in [-0.39, 0.29) is 0 Å². The summed E-state index contributed by atoms with van der Waals surface area (Å²) in [6, 6.07) is 3.60. The first-order valence-electron chi connectivity index (χ1n) is 6.52. The van der Waals surface area contributed by atoms with Crippen LogP contribution in [0.15, 0.2) is 43.2 Å². The van der Waals surface area contributed by atoms with Crippen molar-refractivity contribution in [3.63, 3.8) is 0 Å². The number of rotatable bonds is 2. The normalized spacial score (nSPS) is 11.2. The summed E-state index contributed by atoms with van der Waals surface area (Å²) in [6.07, 6.45) is 8.51. The zero-order valence-electron chi connectivity index (χ0n) is 11.5. The molecule has 0 aromatic carbocycles. The van der Waals surface area contributed by atoms with Crippen LogP contribution in [0.5, 0.6) is 0 Å². The van der Waals surface area contributed by atoms with Gasteiger partial charge in [-0.25, -0.2) is 14.5 Å². The molecule has 108 valence electrons. The maximum Gasteiger partial charge on any atom is 0.181 e. The van der Waals surface area contributed by atoms with Gasteiger partial charge < -0.3 is 0 Å². The molecular weight excluding hydrogens is 302 g/mol. The van der Waals surface area contributed by atoms with Gasteiger partial charge in [-0.1, -0.05) is 11.6 Å². The van der Waals surface area contributed by atoms with Crippen molar-refractivity contribution in [1.82, 2.24) is 34.3 Å². The number of pyridine rings is 1. The lowest BCUT2D eigenvalue weighted by Crippen LogP contribution is -1.98. The lowest BCUT2D eigenvalue weighted by Gasteiger charge is -2.05. The van der Waals surface area contributed by atoms with E-state index in [2.05, 4.69) is 25.1 Å². The summed E-state index contributed by atoms with van der Waals surface area (Å²) < 4.78 is 3.40. The highest BCUT2D eigenvalue weighted by Gasteiger charge is 2.13. The van der Waals surface area contributed by atoms with Crippen LogP contribution in [0.25, 0.3) is 28.3 Å². The van der Waals surface area contributed by atoms with Crippen molar-refractivity contribution in [2.24, 2.45) is 7.05 Å². The van der Waals surface area contributed by atoms with Crippen molar-refractivity contribution in [3.8, 4) is 22.6 Å². The van der Waals surface area contributed by atoms with E-state index in [4.69, 9.17) is 11.6 Å². The summed E-state index contributed by atoms with van der Waals surface area (Å²) in [5, 5.41) is 8.97. The maximum atomic E-state index is 5.89. The van der Waals surface area contributed by atoms with Crippen LogP contribution in [0.1, 0.15) is 0 Å². The van der Waals surface area contributed by atoms with Crippen LogP contribution in [0.2, 0.25) is 5.02 Å². The Kier molecular flexibility index (Phi) is 2.87. The largest absolute Gasteiger partial charge is 0.275 e. The minimum atomic E-state index is 0.582. The molecule has 0 fully saturated rings. The van der Waals surface area contributed by atoms with E-state index in [0.717, 1.165) is 5.56 Å². The molecule has 7 nitrogen and oxygen atoms in total. The van der Waals surface area contributed by atoms with Crippen LogP contribution in [0.3, 0.4) is 0 Å². The summed E-state index contributed by atoms with van der Waals surface area (Å²) in [5.41, 5.74) is 3.65. The summed E-state index contributed by atoms with van der Waals surface area (Å²) in [6.45, 7) is 0. The average Bonchev–Trinajstić information content (AvgIpc) is 3.15. The highest BCUT2D eigenvalue weighted by Crippen LogP contribution is 2.24. The fraction of sp³-hybridized carbons (Fsp3) is 0.0714. The number of aromatic nitrogens is 7. The number of hydrogen-bond donors (Lipinski definition) is 0. The van der Waals surface area contributed by atoms with Crippen molar-refractivity contribution in [2.75, 3.05) is 0 Å². The molecule has 0 saturated carbocycles. The molecule has 8 heteroatoms. The number of halogens is 1. The van der Waals surface area contributed by atoms with E-state index >= 15 is 0 Å². The Morgan fingerprint density at radius 1 is 1.00 bits per heavy atom. The molecule has 4 heterocycles. The Hall–Kier alpha value is -2.80. The first-order valence-corrected chi connectivity index (χ1v) is 6.90. The maximum absolute atomic E-state index is 5.89. The van der Waals surface area contributed by atoms with Gasteiger partial charge >= 0.3 is 0 Å². The van der Waals surface area contributed by atoms with Crippen LogP contribution in [-0.4, -0.2) is 34.3 Å². The van der Waals surface area contributed by atoms with E-state index in [1.807, 2.05) is 19.3 Å². The zero-order chi connectivity index (χ0) is 15.1. The van der Waals surface area contributed by atoms with Crippen LogP contribution in [0, 0.1) is 0 Å². The van der Waals surface area contributed by atoms with Gasteiger partial charge in [0.2, 0.25) is 0 Å². The van der Waals surface area contributed by atoms with Gasteiger partial charge in [0.1, 0.15) is 17.7 Å². The molecule has 4 aromatic rings. The van der Waals surface area contributed by atoms with E-state index in [1.165, 1.54) is 6.33 Å². The topological polar surface area (TPSA) is 73.8 Å². The minimum absolute atomic E-state index is 0.582. The van der Waals surface area contributed by atoms with Gasteiger partial charge in [-0.15, -0.1) is 0 Å². The Morgan fingerprint density at radius 3 is 2.64 bits per heavy atom. The third-order valence-electron chi connectivity index (χ3n) is 3.23. The summed E-state index contributed by atoms with van der Waals surface area (Å²) in [7, 11) is 1.86. The third kappa shape index (κ3) is 2.11. The zero-order valence-corrected chi connectivity index (χ0v) is 12.3. The highest BCUT2D eigenvalue weighted by molar-refractivity contribution is 6.30. The predicted molar refractivity (Wildman–Crippen MR) is 81.2 cm³/mol. The molecule has 0 unspecified atom stereocenters. The number of hydrogen-bond acceptors (Lipinski definition) is 5. The highest BCUT2D eigenvalue weighted by atomic mass is 35.5. The number of aryl methyl sites for hydroxylation is 1. The van der Waals surface area contributed by atoms with Gasteiger partial charge in [-0.05, 0) is 12.1 Å². The smallest absolute Gasteiger partial charge is 0.181 e. The van der Waals surface area contributed by atoms with Crippen molar-refractivity contribution in [3.05, 3.63) is 48.3 Å². The van der Waals surface area contributed by atoms with Gasteiger partial charge in [0.25, 0.3) is 0 Å². The second-order valence-electron chi connectivity index (χ2n) is 4.77. The second kappa shape index (κ2) is 4.88. The molecule has 0 N–H and O–H groups in total. The average molecular weight is 312 g/mol. The Bertz CT molecular complexity index is 955. The molecular formula is C14H10ClN7. The summed E-state index contributed by atoms with van der Waals surface area (Å²) in [4.78, 5) is 13.2. The Balaban J connectivity index is 1.95. The molecule has 0 aliphatic carbocycles. The van der Waals surface area contributed by atoms with Crippen LogP contribution in [-0.2, 0) is 7.05 Å². The standard InChI is InChI=1S/C14H10ClN7/c1-21-6-9(4-18-21)13-14-17-8-19-22(14)7-12(20-13)11-3-2-10(15)5-16-11/h2-8H,1H3. The molecule has 4 aromatic heterocycles. The van der Waals surface area contributed by atoms with Gasteiger partial charge in [-0.2, -0.15) is 10.2 Å². The Labute approximate surface area is 130 Å². The first-order chi connectivity index (χ1) is 10.7. The molecule has 4 rings (SSSR count). The van der Waals surface area contributed by atoms with Crippen molar-refractivity contribution < 1.29 is 0 Å². The lowest BCUT2D eigenvalue weighted by molar-refractivity contribution is 0.768. The van der Waals surface area contributed by atoms with E-state index < -0.39 is 0 Å². The van der Waals surface area contributed by atoms with Crippen LogP contribution < -0.4 is 0 Å². The van der Waals surface area contributed by atoms with E-state index in [1.54, 1.807) is 33.9 Å². The summed E-state index contributed by atoms with van der Waals surface area (Å²) >= 11 is 5.89. The first kappa shape index (κ1) is 12.9. The lowest BCUT2D eigenvalue weighted by atomic mass is 10.2. The fourth-order valence-corrected chi connectivity index (χ4v) is 2.33. The molecule has 0 aliphatic rings. The molecule has 0 aliphatic heterocycles. The van der Waals surface area contributed by atoms with Crippen molar-refractivity contribution >= 4 is 17.2 Å². The summed E-state index contributed by atoms with van der Waals surface area (Å²) in [5.74, 6) is 0. The SMILES string of the molecule is Cn1cc(-c2nc(-c3ccc(Cl)cn3)cn3ncnc23)cn1. The molecule has 0 saturated heterocycles. The predicted octanol–water partition coefficient (Wildman–Crippen LogP) is 2.24. The molecule has 22 heavy (non-hydrogen) atoms. The monoisotopic (exact) mass is 311 g/mol. The quantitative estimate of drug-likeness (QED) is 0.567. The molecule has 0 bridgehead atoms. The molecule has 0 atom stereocenters. The van der Waals surface area contributed by atoms with Gasteiger partial charge in [-0.3, -0.25) is 9.67 Å². The molecule has 0 spiro atoms. The van der Waals surface area contributed by atoms with E-state index in [0.29, 0.717) is 27.8 Å². The fourth-order valence-electron chi connectivity index (χ4n) is 2.22. The van der Waals surface area contributed by atoms with Crippen molar-refractivity contribution in [1.29, 1.82) is 0 Å². The van der Waals surface area contributed by atoms with E-state index in [9.17, 15) is 0 Å². The number of fused-ring (bicyclic) bond motifs is 1. The van der Waals surface area contributed by atoms with Crippen molar-refractivity contribution in [2.45, 2.75) is 0 Å². The van der Waals surface area contributed by atoms with Gasteiger partial charge in [0.05, 0.1) is 23.1 Å². The van der Waals surface area contributed by atoms with Crippen LogP contribution in [0.4, 0.5) is 0 Å². The van der Waals surface area contributed by atoms with Crippen LogP contribution >= 0.6 is 11.6 Å². The number of nitrogens with zero attached hydrogens (tertiary/aromatic N) is 7. The second-order valence-corrected chi connectivity index (χ2v) is 5.20. The molecule has 0 amide bonds.